The molecule has 0 amide bonds. The van der Waals surface area contributed by atoms with Gasteiger partial charge < -0.3 is 14.2 Å². The molecule has 3 rings (SSSR count). The number of benzene rings is 3. The van der Waals surface area contributed by atoms with Crippen LogP contribution in [0.4, 0.5) is 0 Å². The second-order valence-corrected chi connectivity index (χ2v) is 6.55. The zero-order valence-electron chi connectivity index (χ0n) is 16.8. The van der Waals surface area contributed by atoms with Crippen molar-refractivity contribution in [1.82, 2.24) is 0 Å². The van der Waals surface area contributed by atoms with Gasteiger partial charge in [-0.15, -0.1) is 0 Å². The van der Waals surface area contributed by atoms with Crippen molar-refractivity contribution < 1.29 is 28.6 Å². The summed E-state index contributed by atoms with van der Waals surface area (Å²) in [6, 6.07) is 23.0. The zero-order chi connectivity index (χ0) is 22.1. The van der Waals surface area contributed by atoms with Crippen LogP contribution in [0.15, 0.2) is 78.9 Å². The molecule has 6 nitrogen and oxygen atoms in total. The Kier molecular flexibility index (Phi) is 7.35. The van der Waals surface area contributed by atoms with Crippen LogP contribution in [-0.2, 0) is 30.3 Å². The van der Waals surface area contributed by atoms with Crippen LogP contribution in [0.5, 0.6) is 5.75 Å². The van der Waals surface area contributed by atoms with Crippen LogP contribution in [0.3, 0.4) is 0 Å². The largest absolute Gasteiger partial charge is 0.497 e. The molecule has 0 radical (unpaired) electrons. The molecule has 3 aromatic carbocycles. The molecule has 0 spiro atoms. The van der Waals surface area contributed by atoms with Gasteiger partial charge in [0.2, 0.25) is 11.9 Å². The van der Waals surface area contributed by atoms with Gasteiger partial charge in [-0.25, -0.2) is 9.59 Å². The molecular formula is C25H20O6. The van der Waals surface area contributed by atoms with E-state index < -0.39 is 12.1 Å². The second kappa shape index (κ2) is 10.6. The third kappa shape index (κ3) is 5.47. The number of rotatable bonds is 9. The summed E-state index contributed by atoms with van der Waals surface area (Å²) in [4.78, 5) is 35.3. The van der Waals surface area contributed by atoms with Gasteiger partial charge in [-0.2, -0.15) is 0 Å². The number of hydrogen-bond acceptors (Lipinski definition) is 6. The molecule has 1 unspecified atom stereocenters. The van der Waals surface area contributed by atoms with Gasteiger partial charge in [-0.3, -0.25) is 4.79 Å². The minimum atomic E-state index is -1.33. The molecule has 31 heavy (non-hydrogen) atoms. The Morgan fingerprint density at radius 3 is 2.29 bits per heavy atom. The summed E-state index contributed by atoms with van der Waals surface area (Å²) in [5, 5.41) is 0. The first-order valence-electron chi connectivity index (χ1n) is 9.48. The summed E-state index contributed by atoms with van der Waals surface area (Å²) in [5.74, 6) is 1.19. The van der Waals surface area contributed by atoms with Crippen molar-refractivity contribution in [3.8, 4) is 5.75 Å². The predicted octanol–water partition coefficient (Wildman–Crippen LogP) is 3.92. The average Bonchev–Trinajstić information content (AvgIpc) is 2.82. The average molecular weight is 416 g/mol. The van der Waals surface area contributed by atoms with E-state index in [1.807, 2.05) is 36.4 Å². The lowest BCUT2D eigenvalue weighted by Crippen LogP contribution is -2.20. The van der Waals surface area contributed by atoms with E-state index in [0.29, 0.717) is 17.5 Å². The molecular weight excluding hydrogens is 396 g/mol. The van der Waals surface area contributed by atoms with E-state index in [9.17, 15) is 14.4 Å². The summed E-state index contributed by atoms with van der Waals surface area (Å²) < 4.78 is 15.5. The molecule has 0 fully saturated rings. The number of methoxy groups -OCH3 is 1. The third-order valence-electron chi connectivity index (χ3n) is 4.63. The Labute approximate surface area is 179 Å². The fraction of sp³-hybridized carbons (Fsp3) is 0.120. The van der Waals surface area contributed by atoms with Crippen molar-refractivity contribution in [2.45, 2.75) is 12.5 Å². The molecule has 6 heteroatoms. The summed E-state index contributed by atoms with van der Waals surface area (Å²) in [6.45, 7) is 0.183. The summed E-state index contributed by atoms with van der Waals surface area (Å²) in [7, 11) is 1.59. The number of esters is 1. The van der Waals surface area contributed by atoms with Crippen LogP contribution in [0.1, 0.15) is 28.4 Å². The predicted molar refractivity (Wildman–Crippen MR) is 114 cm³/mol. The van der Waals surface area contributed by atoms with Gasteiger partial charge >= 0.3 is 5.97 Å². The van der Waals surface area contributed by atoms with E-state index in [1.54, 1.807) is 55.5 Å². The zero-order valence-corrected chi connectivity index (χ0v) is 16.8. The van der Waals surface area contributed by atoms with Gasteiger partial charge in [0.25, 0.3) is 6.47 Å². The molecule has 3 aromatic rings. The molecule has 0 N–H and O–H groups in total. The van der Waals surface area contributed by atoms with Crippen molar-refractivity contribution >= 4 is 24.1 Å². The van der Waals surface area contributed by atoms with Crippen LogP contribution < -0.4 is 4.74 Å². The molecule has 0 aliphatic carbocycles. The third-order valence-corrected chi connectivity index (χ3v) is 4.63. The van der Waals surface area contributed by atoms with Crippen LogP contribution in [0.2, 0.25) is 0 Å². The highest BCUT2D eigenvalue weighted by Crippen LogP contribution is 2.27. The van der Waals surface area contributed by atoms with E-state index in [1.165, 1.54) is 0 Å². The van der Waals surface area contributed by atoms with E-state index in [4.69, 9.17) is 14.2 Å². The van der Waals surface area contributed by atoms with Gasteiger partial charge in [-0.1, -0.05) is 66.7 Å². The van der Waals surface area contributed by atoms with Crippen LogP contribution in [0, 0.1) is 0 Å². The summed E-state index contributed by atoms with van der Waals surface area (Å²) >= 11 is 0. The van der Waals surface area contributed by atoms with Crippen LogP contribution in [0.25, 0.3) is 5.76 Å². The van der Waals surface area contributed by atoms with Gasteiger partial charge in [0, 0.05) is 11.1 Å². The van der Waals surface area contributed by atoms with Gasteiger partial charge in [0.15, 0.2) is 5.94 Å². The summed E-state index contributed by atoms with van der Waals surface area (Å²) in [6.07, 6.45) is -0.847. The number of hydrogen-bond donors (Lipinski definition) is 0. The van der Waals surface area contributed by atoms with Crippen molar-refractivity contribution in [3.05, 3.63) is 101 Å². The minimum Gasteiger partial charge on any atom is -0.497 e. The molecule has 0 aliphatic heterocycles. The minimum absolute atomic E-state index is 0.183. The normalized spacial score (nSPS) is 11.0. The Hall–Kier alpha value is -4.15. The van der Waals surface area contributed by atoms with Gasteiger partial charge in [0.05, 0.1) is 7.11 Å². The summed E-state index contributed by atoms with van der Waals surface area (Å²) in [5.41, 5.74) is 2.60. The van der Waals surface area contributed by atoms with E-state index >= 15 is 0 Å². The van der Waals surface area contributed by atoms with E-state index in [2.05, 4.69) is 0 Å². The lowest BCUT2D eigenvalue weighted by molar-refractivity contribution is -0.156. The first-order valence-corrected chi connectivity index (χ1v) is 9.48. The number of carbonyl (C=O) groups is 2. The lowest BCUT2D eigenvalue weighted by atomic mass is 9.96. The van der Waals surface area contributed by atoms with Crippen molar-refractivity contribution in [3.63, 3.8) is 0 Å². The molecule has 0 heterocycles. The molecule has 0 bridgehead atoms. The lowest BCUT2D eigenvalue weighted by Gasteiger charge is -2.18. The Morgan fingerprint density at radius 1 is 0.968 bits per heavy atom. The Morgan fingerprint density at radius 2 is 1.65 bits per heavy atom. The molecule has 0 aromatic heterocycles. The molecule has 0 saturated heterocycles. The monoisotopic (exact) mass is 416 g/mol. The van der Waals surface area contributed by atoms with Crippen LogP contribution >= 0.6 is 0 Å². The first kappa shape index (κ1) is 21.6. The molecule has 0 aliphatic rings. The first-order chi connectivity index (χ1) is 15.2. The van der Waals surface area contributed by atoms with Crippen molar-refractivity contribution in [2.24, 2.45) is 0 Å². The topological polar surface area (TPSA) is 78.9 Å². The van der Waals surface area contributed by atoms with Crippen molar-refractivity contribution in [1.29, 1.82) is 0 Å². The second-order valence-electron chi connectivity index (χ2n) is 6.55. The SMILES string of the molecule is COc1ccc(Cc2ccccc2C(OC=O)C(=O)OC(=C=O)c2ccccc2)cc1. The standard InChI is InChI=1S/C25H20O6/c1-29-21-13-11-18(12-14-21)15-20-9-5-6-10-22(20)24(30-17-27)25(28)31-23(16-26)19-7-3-2-4-8-19/h2-14,17,24H,15H2,1H3. The molecule has 156 valence electrons. The van der Waals surface area contributed by atoms with Gasteiger partial charge in [0.1, 0.15) is 5.75 Å². The maximum atomic E-state index is 12.8. The fourth-order valence-corrected chi connectivity index (χ4v) is 3.11. The van der Waals surface area contributed by atoms with Gasteiger partial charge in [-0.05, 0) is 29.7 Å². The Balaban J connectivity index is 1.87. The van der Waals surface area contributed by atoms with E-state index in [0.717, 1.165) is 16.9 Å². The maximum Gasteiger partial charge on any atom is 0.358 e. The Bertz CT molecular complexity index is 1080. The highest BCUT2D eigenvalue weighted by molar-refractivity contribution is 5.91. The number of ether oxygens (including phenoxy) is 3. The highest BCUT2D eigenvalue weighted by atomic mass is 16.6. The van der Waals surface area contributed by atoms with E-state index in [-0.39, 0.29) is 12.2 Å². The van der Waals surface area contributed by atoms with Crippen LogP contribution in [-0.4, -0.2) is 25.5 Å². The maximum absolute atomic E-state index is 12.8. The quantitative estimate of drug-likeness (QED) is 0.228. The highest BCUT2D eigenvalue weighted by Gasteiger charge is 2.28. The molecule has 0 saturated carbocycles. The molecule has 1 atom stereocenters. The van der Waals surface area contributed by atoms with Crippen molar-refractivity contribution in [2.75, 3.05) is 7.11 Å². The smallest absolute Gasteiger partial charge is 0.358 e. The number of carbonyl (C=O) groups excluding carboxylic acids is 3. The fourth-order valence-electron chi connectivity index (χ4n) is 3.11.